The molecule has 21 heavy (non-hydrogen) atoms. The van der Waals surface area contributed by atoms with E-state index in [4.69, 9.17) is 21.1 Å². The molecular formula is C11H14ClN7O2. The predicted octanol–water partition coefficient (Wildman–Crippen LogP) is 0.669. The van der Waals surface area contributed by atoms with Crippen LogP contribution in [0.2, 0.25) is 5.28 Å². The molecule has 1 saturated heterocycles. The van der Waals surface area contributed by atoms with Gasteiger partial charge in [-0.25, -0.2) is 4.98 Å². The van der Waals surface area contributed by atoms with Gasteiger partial charge in [-0.1, -0.05) is 0 Å². The maximum Gasteiger partial charge on any atom is 0.258 e. The Balaban J connectivity index is 1.69. The molecule has 1 aliphatic heterocycles. The third-order valence-electron chi connectivity index (χ3n) is 2.78. The largest absolute Gasteiger partial charge is 0.351 e. The summed E-state index contributed by atoms with van der Waals surface area (Å²) in [6, 6.07) is 0. The first kappa shape index (κ1) is 14.1. The Hall–Kier alpha value is -1.84. The molecule has 9 nitrogen and oxygen atoms in total. The summed E-state index contributed by atoms with van der Waals surface area (Å²) in [6.07, 6.45) is 2.79. The molecular weight excluding hydrogens is 298 g/mol. The molecule has 1 atom stereocenters. The average molecular weight is 312 g/mol. The lowest BCUT2D eigenvalue weighted by atomic mass is 10.4. The highest BCUT2D eigenvalue weighted by Crippen LogP contribution is 2.22. The molecule has 3 heterocycles. The predicted molar refractivity (Wildman–Crippen MR) is 73.1 cm³/mol. The van der Waals surface area contributed by atoms with Gasteiger partial charge in [0, 0.05) is 6.54 Å². The van der Waals surface area contributed by atoms with Gasteiger partial charge in [-0.3, -0.25) is 0 Å². The van der Waals surface area contributed by atoms with Crippen LogP contribution in [0.15, 0.2) is 12.7 Å². The van der Waals surface area contributed by atoms with Crippen LogP contribution in [0.25, 0.3) is 5.95 Å². The molecule has 1 N–H and O–H groups in total. The van der Waals surface area contributed by atoms with Crippen LogP contribution >= 0.6 is 11.6 Å². The maximum atomic E-state index is 5.89. The molecule has 0 aliphatic carbocycles. The second-order valence-electron chi connectivity index (χ2n) is 4.90. The zero-order valence-electron chi connectivity index (χ0n) is 11.5. The smallest absolute Gasteiger partial charge is 0.258 e. The van der Waals surface area contributed by atoms with E-state index >= 15 is 0 Å². The first-order valence-electron chi connectivity index (χ1n) is 6.34. The molecule has 2 aromatic heterocycles. The molecule has 2 aromatic rings. The summed E-state index contributed by atoms with van der Waals surface area (Å²) in [5.41, 5.74) is 0. The minimum absolute atomic E-state index is 0.0712. The van der Waals surface area contributed by atoms with Crippen LogP contribution in [0.3, 0.4) is 0 Å². The molecule has 1 unspecified atom stereocenters. The summed E-state index contributed by atoms with van der Waals surface area (Å²) >= 11 is 5.89. The number of ether oxygens (including phenoxy) is 2. The summed E-state index contributed by atoms with van der Waals surface area (Å²) in [5.74, 6) is 0.0716. The highest BCUT2D eigenvalue weighted by atomic mass is 35.5. The van der Waals surface area contributed by atoms with Crippen molar-refractivity contribution in [3.8, 4) is 5.95 Å². The number of hydrogen-bond donors (Lipinski definition) is 1. The van der Waals surface area contributed by atoms with Gasteiger partial charge >= 0.3 is 0 Å². The summed E-state index contributed by atoms with van der Waals surface area (Å²) < 4.78 is 12.6. The van der Waals surface area contributed by atoms with Gasteiger partial charge in [0.05, 0.1) is 6.61 Å². The Kier molecular flexibility index (Phi) is 3.70. The van der Waals surface area contributed by atoms with Crippen LogP contribution in [0.4, 0.5) is 5.95 Å². The Bertz CT molecular complexity index is 619. The van der Waals surface area contributed by atoms with Crippen LogP contribution < -0.4 is 5.32 Å². The lowest BCUT2D eigenvalue weighted by Gasteiger charge is -2.17. The minimum Gasteiger partial charge on any atom is -0.351 e. The zero-order chi connectivity index (χ0) is 14.9. The van der Waals surface area contributed by atoms with Crippen molar-refractivity contribution in [2.24, 2.45) is 0 Å². The number of aromatic nitrogens is 6. The molecule has 0 aromatic carbocycles. The highest BCUT2D eigenvalue weighted by Gasteiger charge is 2.32. The second-order valence-corrected chi connectivity index (χ2v) is 5.24. The molecule has 3 rings (SSSR count). The average Bonchev–Trinajstić information content (AvgIpc) is 3.05. The van der Waals surface area contributed by atoms with Gasteiger partial charge in [-0.15, -0.1) is 0 Å². The minimum atomic E-state index is -0.561. The van der Waals surface area contributed by atoms with Crippen LogP contribution in [0.1, 0.15) is 13.8 Å². The quantitative estimate of drug-likeness (QED) is 0.879. The van der Waals surface area contributed by atoms with Crippen LogP contribution in [-0.4, -0.2) is 54.8 Å². The first-order chi connectivity index (χ1) is 10.0. The molecule has 0 radical (unpaired) electrons. The van der Waals surface area contributed by atoms with Crippen molar-refractivity contribution in [3.05, 3.63) is 17.9 Å². The number of nitrogens with zero attached hydrogens (tertiary/aromatic N) is 6. The molecule has 1 aliphatic rings. The van der Waals surface area contributed by atoms with Gasteiger partial charge < -0.3 is 14.8 Å². The third kappa shape index (κ3) is 3.43. The molecule has 0 spiro atoms. The monoisotopic (exact) mass is 311 g/mol. The Morgan fingerprint density at radius 2 is 2.29 bits per heavy atom. The van der Waals surface area contributed by atoms with E-state index in [0.717, 1.165) is 0 Å². The Labute approximate surface area is 125 Å². The van der Waals surface area contributed by atoms with E-state index in [2.05, 4.69) is 30.4 Å². The number of rotatable bonds is 4. The zero-order valence-corrected chi connectivity index (χ0v) is 12.3. The van der Waals surface area contributed by atoms with Crippen LogP contribution in [0, 0.1) is 0 Å². The van der Waals surface area contributed by atoms with E-state index in [-0.39, 0.29) is 11.4 Å². The maximum absolute atomic E-state index is 5.89. The second kappa shape index (κ2) is 5.51. The first-order valence-corrected chi connectivity index (χ1v) is 6.72. The summed E-state index contributed by atoms with van der Waals surface area (Å²) in [6.45, 7) is 4.75. The van der Waals surface area contributed by atoms with Crippen molar-refractivity contribution >= 4 is 17.5 Å². The van der Waals surface area contributed by atoms with Crippen LogP contribution in [-0.2, 0) is 9.47 Å². The molecule has 0 bridgehead atoms. The number of hydrogen-bond acceptors (Lipinski definition) is 8. The van der Waals surface area contributed by atoms with Gasteiger partial charge in [0.1, 0.15) is 18.8 Å². The molecule has 10 heteroatoms. The van der Waals surface area contributed by atoms with E-state index in [1.807, 2.05) is 13.8 Å². The van der Waals surface area contributed by atoms with Gasteiger partial charge in [0.25, 0.3) is 5.95 Å². The normalized spacial score (nSPS) is 20.6. The lowest BCUT2D eigenvalue weighted by molar-refractivity contribution is -0.136. The van der Waals surface area contributed by atoms with E-state index < -0.39 is 5.79 Å². The summed E-state index contributed by atoms with van der Waals surface area (Å²) in [4.78, 5) is 16.1. The summed E-state index contributed by atoms with van der Waals surface area (Å²) in [5, 5.41) is 7.07. The van der Waals surface area contributed by atoms with Gasteiger partial charge in [0.15, 0.2) is 5.79 Å². The van der Waals surface area contributed by atoms with Crippen LogP contribution in [0.5, 0.6) is 0 Å². The standard InChI is InChI=1S/C11H14ClN7O2/c1-11(2)20-4-7(21-11)3-14-9-16-8(12)17-10(18-9)19-6-13-5-15-19/h5-7H,3-4H2,1-2H3,(H,14,16,17,18). The topological polar surface area (TPSA) is 99.9 Å². The molecule has 0 saturated carbocycles. The van der Waals surface area contributed by atoms with Gasteiger partial charge in [-0.05, 0) is 25.4 Å². The van der Waals surface area contributed by atoms with E-state index in [1.54, 1.807) is 0 Å². The molecule has 0 amide bonds. The van der Waals surface area contributed by atoms with Gasteiger partial charge in [-0.2, -0.15) is 24.7 Å². The highest BCUT2D eigenvalue weighted by molar-refractivity contribution is 6.28. The number of anilines is 1. The third-order valence-corrected chi connectivity index (χ3v) is 2.94. The van der Waals surface area contributed by atoms with E-state index in [1.165, 1.54) is 17.3 Å². The van der Waals surface area contributed by atoms with Crippen molar-refractivity contribution in [3.63, 3.8) is 0 Å². The number of nitrogens with one attached hydrogen (secondary N) is 1. The van der Waals surface area contributed by atoms with E-state index in [0.29, 0.717) is 25.0 Å². The number of halogens is 1. The SMILES string of the molecule is CC1(C)OCC(CNc2nc(Cl)nc(-n3cncn3)n2)O1. The fraction of sp³-hybridized carbons (Fsp3) is 0.545. The lowest BCUT2D eigenvalue weighted by Crippen LogP contribution is -2.26. The van der Waals surface area contributed by atoms with Crippen molar-refractivity contribution in [1.82, 2.24) is 29.7 Å². The van der Waals surface area contributed by atoms with Crippen molar-refractivity contribution in [2.45, 2.75) is 25.7 Å². The fourth-order valence-corrected chi connectivity index (χ4v) is 2.06. The molecule has 112 valence electrons. The van der Waals surface area contributed by atoms with Crippen molar-refractivity contribution in [2.75, 3.05) is 18.5 Å². The van der Waals surface area contributed by atoms with Crippen molar-refractivity contribution in [1.29, 1.82) is 0 Å². The van der Waals surface area contributed by atoms with E-state index in [9.17, 15) is 0 Å². The molecule has 1 fully saturated rings. The summed E-state index contributed by atoms with van der Waals surface area (Å²) in [7, 11) is 0. The van der Waals surface area contributed by atoms with Crippen molar-refractivity contribution < 1.29 is 9.47 Å². The Morgan fingerprint density at radius 1 is 1.43 bits per heavy atom. The fourth-order valence-electron chi connectivity index (χ4n) is 1.90. The Morgan fingerprint density at radius 3 is 2.95 bits per heavy atom. The van der Waals surface area contributed by atoms with Gasteiger partial charge in [0.2, 0.25) is 11.2 Å².